The molecule has 1 aromatic carbocycles. The van der Waals surface area contributed by atoms with Gasteiger partial charge in [-0.25, -0.2) is 4.99 Å². The first kappa shape index (κ1) is 10.7. The lowest BCUT2D eigenvalue weighted by molar-refractivity contribution is 0.0815. The van der Waals surface area contributed by atoms with E-state index in [1.807, 2.05) is 43.3 Å². The van der Waals surface area contributed by atoms with Crippen molar-refractivity contribution < 1.29 is 4.79 Å². The fraction of sp³-hybridized carbons (Fsp3) is 0.333. The van der Waals surface area contributed by atoms with Gasteiger partial charge in [0.25, 0.3) is 5.91 Å². The second-order valence-electron chi connectivity index (χ2n) is 4.10. The van der Waals surface area contributed by atoms with E-state index in [0.29, 0.717) is 12.1 Å². The quantitative estimate of drug-likeness (QED) is 0.658. The molecule has 0 bridgehead atoms. The van der Waals surface area contributed by atoms with Crippen molar-refractivity contribution in [3.05, 3.63) is 29.8 Å². The number of hydrogen-bond donors (Lipinski definition) is 0. The standard InChI is InChI=1S/C12H15N3O/c1-14(2)11-8-15(3)12(16)9-6-4-5-7-10(9)13-11/h4-7H,8H2,1-3H3. The molecule has 2 rings (SSSR count). The summed E-state index contributed by atoms with van der Waals surface area (Å²) in [7, 11) is 5.67. The molecule has 0 spiro atoms. The Balaban J connectivity index is 2.54. The maximum Gasteiger partial charge on any atom is 0.256 e. The average molecular weight is 217 g/mol. The van der Waals surface area contributed by atoms with Crippen LogP contribution in [0.15, 0.2) is 29.3 Å². The highest BCUT2D eigenvalue weighted by Gasteiger charge is 2.21. The Labute approximate surface area is 95.2 Å². The Kier molecular flexibility index (Phi) is 2.64. The van der Waals surface area contributed by atoms with Gasteiger partial charge in [-0.2, -0.15) is 0 Å². The zero-order valence-corrected chi connectivity index (χ0v) is 9.77. The minimum atomic E-state index is 0.0243. The predicted octanol–water partition coefficient (Wildman–Crippen LogP) is 1.36. The van der Waals surface area contributed by atoms with Crippen molar-refractivity contribution in [1.29, 1.82) is 0 Å². The zero-order valence-electron chi connectivity index (χ0n) is 9.77. The molecule has 0 saturated carbocycles. The van der Waals surface area contributed by atoms with E-state index in [1.165, 1.54) is 0 Å². The third-order valence-electron chi connectivity index (χ3n) is 2.63. The maximum atomic E-state index is 12.0. The normalized spacial score (nSPS) is 15.3. The van der Waals surface area contributed by atoms with Gasteiger partial charge in [-0.05, 0) is 12.1 Å². The SMILES string of the molecule is CN(C)C1=Nc2ccccc2C(=O)N(C)C1. The van der Waals surface area contributed by atoms with Crippen molar-refractivity contribution in [2.75, 3.05) is 27.7 Å². The first-order valence-electron chi connectivity index (χ1n) is 5.19. The number of rotatable bonds is 0. The number of hydrogen-bond acceptors (Lipinski definition) is 3. The molecule has 0 aliphatic carbocycles. The molecule has 4 heteroatoms. The van der Waals surface area contributed by atoms with Gasteiger partial charge >= 0.3 is 0 Å². The van der Waals surface area contributed by atoms with Crippen molar-refractivity contribution in [3.8, 4) is 0 Å². The Morgan fingerprint density at radius 1 is 1.31 bits per heavy atom. The van der Waals surface area contributed by atoms with Crippen LogP contribution in [0.3, 0.4) is 0 Å². The second-order valence-corrected chi connectivity index (χ2v) is 4.10. The van der Waals surface area contributed by atoms with Gasteiger partial charge in [0, 0.05) is 21.1 Å². The molecule has 0 atom stereocenters. The van der Waals surface area contributed by atoms with Crippen molar-refractivity contribution in [3.63, 3.8) is 0 Å². The van der Waals surface area contributed by atoms with Gasteiger partial charge in [0.2, 0.25) is 0 Å². The maximum absolute atomic E-state index is 12.0. The number of amides is 1. The third-order valence-corrected chi connectivity index (χ3v) is 2.63. The predicted molar refractivity (Wildman–Crippen MR) is 64.2 cm³/mol. The van der Waals surface area contributed by atoms with Crippen LogP contribution in [0.25, 0.3) is 0 Å². The number of nitrogens with zero attached hydrogens (tertiary/aromatic N) is 3. The van der Waals surface area contributed by atoms with Gasteiger partial charge in [-0.15, -0.1) is 0 Å². The Morgan fingerprint density at radius 2 is 2.00 bits per heavy atom. The summed E-state index contributed by atoms with van der Waals surface area (Å²) in [5.41, 5.74) is 1.42. The molecule has 84 valence electrons. The first-order valence-corrected chi connectivity index (χ1v) is 5.19. The van der Waals surface area contributed by atoms with Crippen LogP contribution in [-0.2, 0) is 0 Å². The molecule has 0 fully saturated rings. The van der Waals surface area contributed by atoms with E-state index < -0.39 is 0 Å². The Morgan fingerprint density at radius 3 is 2.69 bits per heavy atom. The van der Waals surface area contributed by atoms with Crippen LogP contribution >= 0.6 is 0 Å². The van der Waals surface area contributed by atoms with Crippen LogP contribution in [0.1, 0.15) is 10.4 Å². The molecular weight excluding hydrogens is 202 g/mol. The molecule has 0 saturated heterocycles. The van der Waals surface area contributed by atoms with Crippen LogP contribution in [0.2, 0.25) is 0 Å². The number of aliphatic imine (C=N–C) groups is 1. The number of carbonyl (C=O) groups excluding carboxylic acids is 1. The summed E-state index contributed by atoms with van der Waals surface area (Å²) >= 11 is 0. The molecule has 0 N–H and O–H groups in total. The molecule has 1 amide bonds. The third kappa shape index (κ3) is 1.78. The molecule has 0 radical (unpaired) electrons. The van der Waals surface area contributed by atoms with Crippen molar-refractivity contribution in [2.24, 2.45) is 4.99 Å². The van der Waals surface area contributed by atoms with Gasteiger partial charge in [-0.3, -0.25) is 4.79 Å². The van der Waals surface area contributed by atoms with Crippen LogP contribution < -0.4 is 0 Å². The van der Waals surface area contributed by atoms with E-state index in [0.717, 1.165) is 11.5 Å². The number of amidine groups is 1. The molecule has 1 heterocycles. The Hall–Kier alpha value is -1.84. The topological polar surface area (TPSA) is 35.9 Å². The molecule has 1 aliphatic heterocycles. The van der Waals surface area contributed by atoms with Crippen LogP contribution in [0.5, 0.6) is 0 Å². The fourth-order valence-electron chi connectivity index (χ4n) is 1.66. The van der Waals surface area contributed by atoms with Gasteiger partial charge < -0.3 is 9.80 Å². The lowest BCUT2D eigenvalue weighted by Crippen LogP contribution is -2.36. The van der Waals surface area contributed by atoms with Crippen LogP contribution in [0.4, 0.5) is 5.69 Å². The van der Waals surface area contributed by atoms with E-state index >= 15 is 0 Å². The summed E-state index contributed by atoms with van der Waals surface area (Å²) in [5, 5.41) is 0. The molecule has 0 aromatic heterocycles. The number of likely N-dealkylation sites (N-methyl/N-ethyl adjacent to an activating group) is 2. The van der Waals surface area contributed by atoms with Crippen molar-refractivity contribution >= 4 is 17.4 Å². The van der Waals surface area contributed by atoms with Crippen LogP contribution in [-0.4, -0.2) is 49.2 Å². The van der Waals surface area contributed by atoms with E-state index in [9.17, 15) is 4.79 Å². The first-order chi connectivity index (χ1) is 7.59. The largest absolute Gasteiger partial charge is 0.365 e. The van der Waals surface area contributed by atoms with E-state index in [2.05, 4.69) is 4.99 Å². The molecule has 1 aromatic rings. The lowest BCUT2D eigenvalue weighted by Gasteiger charge is -2.19. The van der Waals surface area contributed by atoms with Gasteiger partial charge in [-0.1, -0.05) is 12.1 Å². The van der Waals surface area contributed by atoms with E-state index in [-0.39, 0.29) is 5.91 Å². The summed E-state index contributed by atoms with van der Waals surface area (Å²) in [4.78, 5) is 20.2. The van der Waals surface area contributed by atoms with Gasteiger partial charge in [0.15, 0.2) is 0 Å². The van der Waals surface area contributed by atoms with E-state index in [4.69, 9.17) is 0 Å². The summed E-state index contributed by atoms with van der Waals surface area (Å²) < 4.78 is 0. The average Bonchev–Trinajstić information content (AvgIpc) is 2.38. The monoisotopic (exact) mass is 217 g/mol. The highest BCUT2D eigenvalue weighted by atomic mass is 16.2. The summed E-state index contributed by atoms with van der Waals surface area (Å²) in [6.07, 6.45) is 0. The highest BCUT2D eigenvalue weighted by molar-refractivity contribution is 6.04. The molecule has 1 aliphatic rings. The molecule has 16 heavy (non-hydrogen) atoms. The van der Waals surface area contributed by atoms with E-state index in [1.54, 1.807) is 11.9 Å². The second kappa shape index (κ2) is 3.96. The number of carbonyl (C=O) groups is 1. The van der Waals surface area contributed by atoms with Gasteiger partial charge in [0.1, 0.15) is 5.84 Å². The Bertz CT molecular complexity index is 451. The molecule has 4 nitrogen and oxygen atoms in total. The number of fused-ring (bicyclic) bond motifs is 1. The smallest absolute Gasteiger partial charge is 0.256 e. The lowest BCUT2D eigenvalue weighted by atomic mass is 10.1. The molecule has 0 unspecified atom stereocenters. The highest BCUT2D eigenvalue weighted by Crippen LogP contribution is 2.23. The summed E-state index contributed by atoms with van der Waals surface area (Å²) in [5.74, 6) is 0.914. The van der Waals surface area contributed by atoms with Crippen LogP contribution in [0, 0.1) is 0 Å². The number of benzene rings is 1. The summed E-state index contributed by atoms with van der Waals surface area (Å²) in [6.45, 7) is 0.542. The van der Waals surface area contributed by atoms with Crippen molar-refractivity contribution in [2.45, 2.75) is 0 Å². The minimum absolute atomic E-state index is 0.0243. The zero-order chi connectivity index (χ0) is 11.7. The van der Waals surface area contributed by atoms with Gasteiger partial charge in [0.05, 0.1) is 17.8 Å². The minimum Gasteiger partial charge on any atom is -0.365 e. The van der Waals surface area contributed by atoms with Crippen molar-refractivity contribution in [1.82, 2.24) is 9.80 Å². The number of para-hydroxylation sites is 1. The molecular formula is C12H15N3O. The fourth-order valence-corrected chi connectivity index (χ4v) is 1.66. The summed E-state index contributed by atoms with van der Waals surface area (Å²) in [6, 6.07) is 7.45.